The second kappa shape index (κ2) is 8.12. The van der Waals surface area contributed by atoms with Gasteiger partial charge in [-0.3, -0.25) is 4.57 Å². The van der Waals surface area contributed by atoms with E-state index < -0.39 is 0 Å². The average molecular weight is 376 g/mol. The number of pyridine rings is 1. The first-order valence-electron chi connectivity index (χ1n) is 9.50. The standard InChI is InChI=1S/C21H24N6O/c1-16-12-18-4-2-3-5-19(18)27(16)11-9-24-21(28)25-14-17-6-7-23-20(13-17)26-10-8-22-15-26/h2-8,10,13,15-16H,9,11-12,14H2,1H3,(H2,24,25,28). The molecule has 0 saturated heterocycles. The number of rotatable bonds is 6. The second-order valence-electron chi connectivity index (χ2n) is 6.98. The molecule has 0 fully saturated rings. The number of carbonyl (C=O) groups excluding carboxylic acids is 1. The molecule has 1 aromatic carbocycles. The Kier molecular flexibility index (Phi) is 5.23. The first kappa shape index (κ1) is 18.0. The van der Waals surface area contributed by atoms with Crippen molar-refractivity contribution in [3.8, 4) is 5.82 Å². The number of nitrogens with zero attached hydrogens (tertiary/aromatic N) is 4. The van der Waals surface area contributed by atoms with E-state index in [0.717, 1.165) is 24.3 Å². The SMILES string of the molecule is CC1Cc2ccccc2N1CCNC(=O)NCc1ccnc(-n2ccnc2)c1. The highest BCUT2D eigenvalue weighted by Crippen LogP contribution is 2.31. The summed E-state index contributed by atoms with van der Waals surface area (Å²) in [5.74, 6) is 0.777. The molecule has 0 bridgehead atoms. The molecule has 1 atom stereocenters. The molecular weight excluding hydrogens is 352 g/mol. The van der Waals surface area contributed by atoms with Gasteiger partial charge in [0.2, 0.25) is 0 Å². The van der Waals surface area contributed by atoms with E-state index in [1.807, 2.05) is 22.9 Å². The van der Waals surface area contributed by atoms with Crippen LogP contribution in [0, 0.1) is 0 Å². The molecule has 3 heterocycles. The molecule has 1 aliphatic rings. The van der Waals surface area contributed by atoms with Gasteiger partial charge in [-0.25, -0.2) is 14.8 Å². The van der Waals surface area contributed by atoms with Gasteiger partial charge in [0.15, 0.2) is 0 Å². The maximum Gasteiger partial charge on any atom is 0.315 e. The number of amides is 2. The van der Waals surface area contributed by atoms with Crippen LogP contribution in [0.5, 0.6) is 0 Å². The summed E-state index contributed by atoms with van der Waals surface area (Å²) in [6.07, 6.45) is 8.04. The van der Waals surface area contributed by atoms with Crippen molar-refractivity contribution in [3.05, 3.63) is 72.4 Å². The Labute approximate surface area is 164 Å². The Hall–Kier alpha value is -3.35. The number of anilines is 1. The van der Waals surface area contributed by atoms with E-state index in [2.05, 4.69) is 56.7 Å². The van der Waals surface area contributed by atoms with Gasteiger partial charge in [-0.05, 0) is 42.7 Å². The Morgan fingerprint density at radius 2 is 2.11 bits per heavy atom. The van der Waals surface area contributed by atoms with E-state index in [4.69, 9.17) is 0 Å². The minimum atomic E-state index is -0.166. The summed E-state index contributed by atoms with van der Waals surface area (Å²) in [4.78, 5) is 22.9. The lowest BCUT2D eigenvalue weighted by Gasteiger charge is -2.25. The van der Waals surface area contributed by atoms with Crippen molar-refractivity contribution in [2.24, 2.45) is 0 Å². The number of imidazole rings is 1. The van der Waals surface area contributed by atoms with E-state index in [1.54, 1.807) is 18.7 Å². The fourth-order valence-corrected chi connectivity index (χ4v) is 3.61. The fourth-order valence-electron chi connectivity index (χ4n) is 3.61. The molecule has 1 aliphatic heterocycles. The molecule has 2 N–H and O–H groups in total. The Morgan fingerprint density at radius 3 is 2.96 bits per heavy atom. The number of aromatic nitrogens is 3. The Balaban J connectivity index is 1.25. The third kappa shape index (κ3) is 3.98. The van der Waals surface area contributed by atoms with Crippen LogP contribution in [0.1, 0.15) is 18.1 Å². The zero-order chi connectivity index (χ0) is 19.3. The van der Waals surface area contributed by atoms with Gasteiger partial charge in [-0.1, -0.05) is 18.2 Å². The molecule has 0 aliphatic carbocycles. The number of para-hydroxylation sites is 1. The van der Waals surface area contributed by atoms with Crippen LogP contribution in [-0.2, 0) is 13.0 Å². The highest BCUT2D eigenvalue weighted by molar-refractivity contribution is 5.74. The molecule has 4 rings (SSSR count). The number of hydrogen-bond acceptors (Lipinski definition) is 4. The van der Waals surface area contributed by atoms with Crippen LogP contribution < -0.4 is 15.5 Å². The number of hydrogen-bond donors (Lipinski definition) is 2. The van der Waals surface area contributed by atoms with Crippen LogP contribution in [0.25, 0.3) is 5.82 Å². The zero-order valence-corrected chi connectivity index (χ0v) is 15.9. The number of benzene rings is 1. The molecule has 0 spiro atoms. The van der Waals surface area contributed by atoms with Crippen LogP contribution >= 0.6 is 0 Å². The van der Waals surface area contributed by atoms with E-state index in [9.17, 15) is 4.79 Å². The molecule has 2 aromatic heterocycles. The number of fused-ring (bicyclic) bond motifs is 1. The maximum atomic E-state index is 12.2. The molecule has 3 aromatic rings. The third-order valence-corrected chi connectivity index (χ3v) is 5.02. The minimum absolute atomic E-state index is 0.166. The summed E-state index contributed by atoms with van der Waals surface area (Å²) in [5.41, 5.74) is 3.64. The topological polar surface area (TPSA) is 75.1 Å². The molecule has 144 valence electrons. The van der Waals surface area contributed by atoms with E-state index in [1.165, 1.54) is 11.3 Å². The molecule has 7 nitrogen and oxygen atoms in total. The normalized spacial score (nSPS) is 15.3. The van der Waals surface area contributed by atoms with Crippen molar-refractivity contribution >= 4 is 11.7 Å². The minimum Gasteiger partial charge on any atom is -0.367 e. The predicted octanol–water partition coefficient (Wildman–Crippen LogP) is 2.52. The largest absolute Gasteiger partial charge is 0.367 e. The number of carbonyl (C=O) groups is 1. The summed E-state index contributed by atoms with van der Waals surface area (Å²) in [5, 5.41) is 5.86. The number of urea groups is 1. The molecule has 2 amide bonds. The van der Waals surface area contributed by atoms with Gasteiger partial charge < -0.3 is 15.5 Å². The summed E-state index contributed by atoms with van der Waals surface area (Å²) in [7, 11) is 0. The monoisotopic (exact) mass is 376 g/mol. The third-order valence-electron chi connectivity index (χ3n) is 5.02. The predicted molar refractivity (Wildman–Crippen MR) is 109 cm³/mol. The van der Waals surface area contributed by atoms with Gasteiger partial charge in [0, 0.05) is 50.0 Å². The van der Waals surface area contributed by atoms with E-state index in [0.29, 0.717) is 19.1 Å². The fraction of sp³-hybridized carbons (Fsp3) is 0.286. The van der Waals surface area contributed by atoms with E-state index in [-0.39, 0.29) is 6.03 Å². The van der Waals surface area contributed by atoms with Gasteiger partial charge in [0.1, 0.15) is 12.1 Å². The maximum absolute atomic E-state index is 12.2. The average Bonchev–Trinajstić information content (AvgIpc) is 3.35. The van der Waals surface area contributed by atoms with Gasteiger partial charge >= 0.3 is 6.03 Å². The van der Waals surface area contributed by atoms with Crippen molar-refractivity contribution < 1.29 is 4.79 Å². The van der Waals surface area contributed by atoms with Gasteiger partial charge in [-0.15, -0.1) is 0 Å². The van der Waals surface area contributed by atoms with Gasteiger partial charge in [0.05, 0.1) is 0 Å². The summed E-state index contributed by atoms with van der Waals surface area (Å²) < 4.78 is 1.83. The lowest BCUT2D eigenvalue weighted by Crippen LogP contribution is -2.41. The second-order valence-corrected chi connectivity index (χ2v) is 6.98. The lowest BCUT2D eigenvalue weighted by atomic mass is 10.1. The first-order valence-corrected chi connectivity index (χ1v) is 9.50. The quantitative estimate of drug-likeness (QED) is 0.693. The molecular formula is C21H24N6O. The lowest BCUT2D eigenvalue weighted by molar-refractivity contribution is 0.240. The van der Waals surface area contributed by atoms with E-state index >= 15 is 0 Å². The first-order chi connectivity index (χ1) is 13.7. The van der Waals surface area contributed by atoms with Crippen LogP contribution in [0.2, 0.25) is 0 Å². The van der Waals surface area contributed by atoms with Gasteiger partial charge in [0.25, 0.3) is 0 Å². The summed E-state index contributed by atoms with van der Waals surface area (Å²) >= 11 is 0. The van der Waals surface area contributed by atoms with Crippen molar-refractivity contribution in [1.82, 2.24) is 25.2 Å². The molecule has 7 heteroatoms. The van der Waals surface area contributed by atoms with Crippen molar-refractivity contribution in [3.63, 3.8) is 0 Å². The van der Waals surface area contributed by atoms with Crippen LogP contribution in [0.4, 0.5) is 10.5 Å². The van der Waals surface area contributed by atoms with Crippen LogP contribution in [0.15, 0.2) is 61.3 Å². The van der Waals surface area contributed by atoms with Gasteiger partial charge in [-0.2, -0.15) is 0 Å². The van der Waals surface area contributed by atoms with Crippen LogP contribution in [0.3, 0.4) is 0 Å². The van der Waals surface area contributed by atoms with Crippen LogP contribution in [-0.4, -0.2) is 39.7 Å². The Bertz CT molecular complexity index is 940. The molecule has 28 heavy (non-hydrogen) atoms. The molecule has 0 saturated carbocycles. The summed E-state index contributed by atoms with van der Waals surface area (Å²) in [6.45, 7) is 4.06. The highest BCUT2D eigenvalue weighted by Gasteiger charge is 2.24. The van der Waals surface area contributed by atoms with Crippen molar-refractivity contribution in [2.75, 3.05) is 18.0 Å². The van der Waals surface area contributed by atoms with Crippen molar-refractivity contribution in [1.29, 1.82) is 0 Å². The van der Waals surface area contributed by atoms with Crippen molar-refractivity contribution in [2.45, 2.75) is 25.9 Å². The number of nitrogens with one attached hydrogen (secondary N) is 2. The summed E-state index contributed by atoms with van der Waals surface area (Å²) in [6, 6.07) is 12.6. The molecule has 0 radical (unpaired) electrons. The highest BCUT2D eigenvalue weighted by atomic mass is 16.2. The molecule has 1 unspecified atom stereocenters. The Morgan fingerprint density at radius 1 is 1.21 bits per heavy atom. The smallest absolute Gasteiger partial charge is 0.315 e. The zero-order valence-electron chi connectivity index (χ0n) is 15.9.